The van der Waals surface area contributed by atoms with Gasteiger partial charge in [-0.3, -0.25) is 9.59 Å². The van der Waals surface area contributed by atoms with Crippen molar-refractivity contribution < 1.29 is 14.7 Å². The summed E-state index contributed by atoms with van der Waals surface area (Å²) in [6.07, 6.45) is 0. The minimum atomic E-state index is -0.293. The van der Waals surface area contributed by atoms with Gasteiger partial charge < -0.3 is 15.7 Å². The number of rotatable bonds is 5. The fourth-order valence-electron chi connectivity index (χ4n) is 3.67. The van der Waals surface area contributed by atoms with Crippen LogP contribution in [0.5, 0.6) is 0 Å². The van der Waals surface area contributed by atoms with Gasteiger partial charge in [-0.25, -0.2) is 4.98 Å². The first kappa shape index (κ1) is 19.5. The lowest BCUT2D eigenvalue weighted by atomic mass is 10.0. The van der Waals surface area contributed by atoms with Gasteiger partial charge in [0.1, 0.15) is 0 Å². The van der Waals surface area contributed by atoms with Crippen LogP contribution in [0.25, 0.3) is 21.8 Å². The first-order chi connectivity index (χ1) is 14.5. The molecule has 0 spiro atoms. The number of nitrogens with zero attached hydrogens (tertiary/aromatic N) is 1. The van der Waals surface area contributed by atoms with E-state index in [1.807, 2.05) is 48.5 Å². The van der Waals surface area contributed by atoms with E-state index in [4.69, 9.17) is 4.98 Å². The molecule has 1 amide bonds. The maximum Gasteiger partial charge on any atom is 0.221 e. The number of fused-ring (bicyclic) bond motifs is 2. The van der Waals surface area contributed by atoms with Crippen LogP contribution in [0.15, 0.2) is 60.7 Å². The van der Waals surface area contributed by atoms with Gasteiger partial charge in [-0.1, -0.05) is 36.4 Å². The van der Waals surface area contributed by atoms with E-state index in [0.717, 1.165) is 27.5 Å². The minimum absolute atomic E-state index is 0.201. The van der Waals surface area contributed by atoms with Crippen LogP contribution in [0.2, 0.25) is 0 Å². The van der Waals surface area contributed by atoms with Crippen molar-refractivity contribution >= 4 is 50.6 Å². The number of ketones is 1. The van der Waals surface area contributed by atoms with Crippen molar-refractivity contribution in [3.8, 4) is 0 Å². The summed E-state index contributed by atoms with van der Waals surface area (Å²) in [5, 5.41) is 17.6. The number of Topliss-reactive ketones (excluding diaryl/α,β-unsaturated/α-hetero) is 1. The third-order valence-corrected chi connectivity index (χ3v) is 4.89. The number of aromatic nitrogens is 1. The Balaban J connectivity index is 1.99. The van der Waals surface area contributed by atoms with Gasteiger partial charge >= 0.3 is 0 Å². The van der Waals surface area contributed by atoms with Crippen molar-refractivity contribution in [3.05, 3.63) is 71.8 Å². The first-order valence-electron chi connectivity index (χ1n) is 9.58. The molecule has 0 unspecified atom stereocenters. The topological polar surface area (TPSA) is 91.3 Å². The van der Waals surface area contributed by atoms with Crippen LogP contribution in [0, 0.1) is 0 Å². The number of anilines is 3. The predicted molar refractivity (Wildman–Crippen MR) is 119 cm³/mol. The zero-order valence-electron chi connectivity index (χ0n) is 16.7. The summed E-state index contributed by atoms with van der Waals surface area (Å²) in [6.45, 7) is 2.61. The number of hydrogen-bond acceptors (Lipinski definition) is 5. The van der Waals surface area contributed by atoms with Crippen LogP contribution in [0.1, 0.15) is 29.8 Å². The Morgan fingerprint density at radius 2 is 1.47 bits per heavy atom. The van der Waals surface area contributed by atoms with E-state index in [2.05, 4.69) is 10.6 Å². The summed E-state index contributed by atoms with van der Waals surface area (Å²) < 4.78 is 0. The Kier molecular flexibility index (Phi) is 5.16. The Morgan fingerprint density at radius 1 is 0.900 bits per heavy atom. The predicted octanol–water partition coefficient (Wildman–Crippen LogP) is 4.78. The van der Waals surface area contributed by atoms with Gasteiger partial charge in [0.05, 0.1) is 40.3 Å². The third-order valence-electron chi connectivity index (χ3n) is 4.89. The Bertz CT molecular complexity index is 1240. The maximum atomic E-state index is 12.5. The molecule has 150 valence electrons. The maximum absolute atomic E-state index is 12.5. The molecule has 30 heavy (non-hydrogen) atoms. The highest BCUT2D eigenvalue weighted by atomic mass is 16.3. The monoisotopic (exact) mass is 399 g/mol. The van der Waals surface area contributed by atoms with Gasteiger partial charge in [0.25, 0.3) is 0 Å². The molecule has 0 atom stereocenters. The third kappa shape index (κ3) is 3.60. The number of amides is 1. The fourth-order valence-corrected chi connectivity index (χ4v) is 3.67. The lowest BCUT2D eigenvalue weighted by Crippen LogP contribution is -2.13. The van der Waals surface area contributed by atoms with Crippen LogP contribution in [0.4, 0.5) is 17.1 Å². The summed E-state index contributed by atoms with van der Waals surface area (Å²) >= 11 is 0. The number of hydrogen-bond donors (Lipinski definition) is 3. The second-order valence-corrected chi connectivity index (χ2v) is 7.11. The van der Waals surface area contributed by atoms with Crippen molar-refractivity contribution in [2.45, 2.75) is 20.5 Å². The molecule has 0 aliphatic rings. The molecule has 4 rings (SSSR count). The standard InChI is InChI=1S/C24H21N3O3/c1-14(29)23-21(25-15(2)30)11-16(13-28)12-22(23)27-24-17-7-3-5-9-19(17)26-20-10-6-4-8-18(20)24/h3-12,28H,13H2,1-2H3,(H,25,30)(H,26,27). The average molecular weight is 399 g/mol. The number of para-hydroxylation sites is 2. The molecular weight excluding hydrogens is 378 g/mol. The SMILES string of the molecule is CC(=O)Nc1cc(CO)cc(Nc2c3ccccc3nc3ccccc23)c1C(C)=O. The highest BCUT2D eigenvalue weighted by Gasteiger charge is 2.18. The van der Waals surface area contributed by atoms with Gasteiger partial charge in [0, 0.05) is 17.7 Å². The van der Waals surface area contributed by atoms with E-state index >= 15 is 0 Å². The number of carbonyl (C=O) groups excluding carboxylic acids is 2. The molecule has 1 heterocycles. The number of nitrogens with one attached hydrogen (secondary N) is 2. The molecule has 0 saturated heterocycles. The van der Waals surface area contributed by atoms with Gasteiger partial charge in [0.2, 0.25) is 5.91 Å². The molecule has 4 aromatic rings. The zero-order chi connectivity index (χ0) is 21.3. The minimum Gasteiger partial charge on any atom is -0.392 e. The Hall–Kier alpha value is -3.77. The summed E-state index contributed by atoms with van der Waals surface area (Å²) in [7, 11) is 0. The van der Waals surface area contributed by atoms with Crippen LogP contribution in [-0.2, 0) is 11.4 Å². The molecule has 6 nitrogen and oxygen atoms in total. The number of aliphatic hydroxyl groups excluding tert-OH is 1. The lowest BCUT2D eigenvalue weighted by molar-refractivity contribution is -0.114. The number of benzene rings is 3. The zero-order valence-corrected chi connectivity index (χ0v) is 16.7. The molecule has 3 aromatic carbocycles. The van der Waals surface area contributed by atoms with E-state index in [9.17, 15) is 14.7 Å². The van der Waals surface area contributed by atoms with Crippen LogP contribution >= 0.6 is 0 Å². The van der Waals surface area contributed by atoms with Gasteiger partial charge in [-0.2, -0.15) is 0 Å². The number of aliphatic hydroxyl groups is 1. The van der Waals surface area contributed by atoms with E-state index in [0.29, 0.717) is 22.5 Å². The smallest absolute Gasteiger partial charge is 0.221 e. The van der Waals surface area contributed by atoms with E-state index in [1.54, 1.807) is 12.1 Å². The van der Waals surface area contributed by atoms with Crippen molar-refractivity contribution in [3.63, 3.8) is 0 Å². The Morgan fingerprint density at radius 3 is 2.00 bits per heavy atom. The van der Waals surface area contributed by atoms with Crippen molar-refractivity contribution in [2.75, 3.05) is 10.6 Å². The van der Waals surface area contributed by atoms with E-state index in [1.165, 1.54) is 13.8 Å². The van der Waals surface area contributed by atoms with Crippen molar-refractivity contribution in [1.29, 1.82) is 0 Å². The summed E-state index contributed by atoms with van der Waals surface area (Å²) in [5.41, 5.74) is 4.27. The molecule has 1 aromatic heterocycles. The largest absolute Gasteiger partial charge is 0.392 e. The van der Waals surface area contributed by atoms with Crippen molar-refractivity contribution in [1.82, 2.24) is 4.98 Å². The normalized spacial score (nSPS) is 10.9. The molecule has 0 bridgehead atoms. The van der Waals surface area contributed by atoms with Crippen molar-refractivity contribution in [2.24, 2.45) is 0 Å². The number of carbonyl (C=O) groups is 2. The lowest BCUT2D eigenvalue weighted by Gasteiger charge is -2.19. The molecule has 0 aliphatic heterocycles. The summed E-state index contributed by atoms with van der Waals surface area (Å²) in [4.78, 5) is 28.9. The van der Waals surface area contributed by atoms with Gasteiger partial charge in [-0.15, -0.1) is 0 Å². The van der Waals surface area contributed by atoms with Crippen LogP contribution in [0.3, 0.4) is 0 Å². The second-order valence-electron chi connectivity index (χ2n) is 7.11. The Labute approximate surface area is 173 Å². The van der Waals surface area contributed by atoms with Gasteiger partial charge in [0.15, 0.2) is 5.78 Å². The van der Waals surface area contributed by atoms with E-state index in [-0.39, 0.29) is 18.3 Å². The van der Waals surface area contributed by atoms with E-state index < -0.39 is 0 Å². The second kappa shape index (κ2) is 7.93. The molecule has 0 fully saturated rings. The average Bonchev–Trinajstić information content (AvgIpc) is 2.72. The highest BCUT2D eigenvalue weighted by molar-refractivity contribution is 6.12. The number of pyridine rings is 1. The molecule has 3 N–H and O–H groups in total. The summed E-state index contributed by atoms with van der Waals surface area (Å²) in [5.74, 6) is -0.494. The van der Waals surface area contributed by atoms with Crippen LogP contribution in [-0.4, -0.2) is 21.8 Å². The highest BCUT2D eigenvalue weighted by Crippen LogP contribution is 2.36. The first-order valence-corrected chi connectivity index (χ1v) is 9.58. The molecule has 0 saturated carbocycles. The molecule has 0 radical (unpaired) electrons. The van der Waals surface area contributed by atoms with Crippen LogP contribution < -0.4 is 10.6 Å². The summed E-state index contributed by atoms with van der Waals surface area (Å²) in [6, 6.07) is 18.9. The molecule has 0 aliphatic carbocycles. The van der Waals surface area contributed by atoms with Gasteiger partial charge in [-0.05, 0) is 36.8 Å². The quantitative estimate of drug-likeness (QED) is 0.332. The molecular formula is C24H21N3O3. The molecule has 6 heteroatoms. The fraction of sp³-hybridized carbons (Fsp3) is 0.125.